The lowest BCUT2D eigenvalue weighted by Crippen LogP contribution is -2.13. The smallest absolute Gasteiger partial charge is 0.0963 e. The molecule has 0 amide bonds. The number of pyridine rings is 1. The second-order valence-electron chi connectivity index (χ2n) is 5.03. The van der Waals surface area contributed by atoms with E-state index in [0.29, 0.717) is 0 Å². The molecule has 0 saturated heterocycles. The number of fused-ring (bicyclic) bond motifs is 2. The summed E-state index contributed by atoms with van der Waals surface area (Å²) in [5, 5.41) is 11.3. The number of rotatable bonds is 0. The molecule has 0 aliphatic heterocycles. The Morgan fingerprint density at radius 2 is 2.12 bits per heavy atom. The van der Waals surface area contributed by atoms with Crippen LogP contribution < -0.4 is 0 Å². The van der Waals surface area contributed by atoms with E-state index in [1.807, 2.05) is 0 Å². The first-order valence-corrected chi connectivity index (χ1v) is 6.24. The monoisotopic (exact) mass is 227 g/mol. The van der Waals surface area contributed by atoms with E-state index in [2.05, 4.69) is 37.0 Å². The van der Waals surface area contributed by atoms with Crippen LogP contribution in [0, 0.1) is 13.8 Å². The van der Waals surface area contributed by atoms with Gasteiger partial charge in [-0.25, -0.2) is 4.98 Å². The van der Waals surface area contributed by atoms with Crippen LogP contribution in [0.15, 0.2) is 18.2 Å². The summed E-state index contributed by atoms with van der Waals surface area (Å²) in [5.74, 6) is 0. The van der Waals surface area contributed by atoms with Crippen molar-refractivity contribution in [3.8, 4) is 0 Å². The molecule has 1 heterocycles. The Balaban J connectivity index is 2.35. The number of hydrogen-bond donors (Lipinski definition) is 1. The van der Waals surface area contributed by atoms with Gasteiger partial charge in [-0.3, -0.25) is 0 Å². The summed E-state index contributed by atoms with van der Waals surface area (Å²) in [6.07, 6.45) is 2.59. The standard InChI is InChI=1S/C15H17NO/c1-9-6-7-11-10(2)12-4-3-5-14(17)15(12)16-13(11)8-9/h6-8,14,17H,3-5H2,1-2H3. The van der Waals surface area contributed by atoms with Gasteiger partial charge < -0.3 is 5.11 Å². The lowest BCUT2D eigenvalue weighted by molar-refractivity contribution is 0.152. The average molecular weight is 227 g/mol. The van der Waals surface area contributed by atoms with Crippen LogP contribution in [0.25, 0.3) is 10.9 Å². The zero-order valence-corrected chi connectivity index (χ0v) is 10.3. The number of aromatic nitrogens is 1. The Morgan fingerprint density at radius 3 is 2.94 bits per heavy atom. The third-order valence-corrected chi connectivity index (χ3v) is 3.78. The molecule has 0 spiro atoms. The van der Waals surface area contributed by atoms with Crippen LogP contribution in [0.1, 0.15) is 41.3 Å². The number of aliphatic hydroxyl groups excluding tert-OH is 1. The normalized spacial score (nSPS) is 19.4. The largest absolute Gasteiger partial charge is 0.387 e. The Morgan fingerprint density at radius 1 is 1.29 bits per heavy atom. The first-order chi connectivity index (χ1) is 8.16. The van der Waals surface area contributed by atoms with Gasteiger partial charge in [-0.1, -0.05) is 12.1 Å². The molecule has 0 fully saturated rings. The molecule has 2 nitrogen and oxygen atoms in total. The van der Waals surface area contributed by atoms with Gasteiger partial charge in [0.2, 0.25) is 0 Å². The first-order valence-electron chi connectivity index (χ1n) is 6.24. The van der Waals surface area contributed by atoms with Crippen molar-refractivity contribution in [2.24, 2.45) is 0 Å². The molecule has 0 bridgehead atoms. The predicted molar refractivity (Wildman–Crippen MR) is 69.1 cm³/mol. The molecule has 1 unspecified atom stereocenters. The number of nitrogens with zero attached hydrogens (tertiary/aromatic N) is 1. The number of aryl methyl sites for hydroxylation is 2. The van der Waals surface area contributed by atoms with Crippen LogP contribution in [0.2, 0.25) is 0 Å². The SMILES string of the molecule is Cc1ccc2c(C)c3c(nc2c1)C(O)CCC3. The van der Waals surface area contributed by atoms with Crippen molar-refractivity contribution in [1.82, 2.24) is 4.98 Å². The molecule has 1 aromatic carbocycles. The molecule has 0 saturated carbocycles. The lowest BCUT2D eigenvalue weighted by atomic mass is 9.89. The highest BCUT2D eigenvalue weighted by atomic mass is 16.3. The molecule has 1 aliphatic carbocycles. The highest BCUT2D eigenvalue weighted by Crippen LogP contribution is 2.33. The van der Waals surface area contributed by atoms with E-state index in [1.165, 1.54) is 22.1 Å². The second kappa shape index (κ2) is 3.81. The van der Waals surface area contributed by atoms with Crippen molar-refractivity contribution in [3.63, 3.8) is 0 Å². The van der Waals surface area contributed by atoms with Crippen LogP contribution in [0.4, 0.5) is 0 Å². The Labute approximate surface area is 101 Å². The minimum Gasteiger partial charge on any atom is -0.387 e. The van der Waals surface area contributed by atoms with Gasteiger partial charge >= 0.3 is 0 Å². The van der Waals surface area contributed by atoms with Crippen LogP contribution >= 0.6 is 0 Å². The van der Waals surface area contributed by atoms with E-state index in [9.17, 15) is 5.11 Å². The van der Waals surface area contributed by atoms with Crippen molar-refractivity contribution < 1.29 is 5.11 Å². The van der Waals surface area contributed by atoms with Crippen molar-refractivity contribution >= 4 is 10.9 Å². The van der Waals surface area contributed by atoms with Crippen molar-refractivity contribution in [2.45, 2.75) is 39.2 Å². The fourth-order valence-corrected chi connectivity index (χ4v) is 2.80. The predicted octanol–water partition coefficient (Wildman–Crippen LogP) is 3.22. The molecule has 17 heavy (non-hydrogen) atoms. The van der Waals surface area contributed by atoms with Gasteiger partial charge in [0.1, 0.15) is 0 Å². The summed E-state index contributed by atoms with van der Waals surface area (Å²) in [5.41, 5.74) is 5.70. The van der Waals surface area contributed by atoms with E-state index in [1.54, 1.807) is 0 Å². The van der Waals surface area contributed by atoms with Crippen molar-refractivity contribution in [2.75, 3.05) is 0 Å². The van der Waals surface area contributed by atoms with E-state index in [-0.39, 0.29) is 6.10 Å². The van der Waals surface area contributed by atoms with Crippen LogP contribution in [0.3, 0.4) is 0 Å². The van der Waals surface area contributed by atoms with Gasteiger partial charge in [0.25, 0.3) is 0 Å². The molecule has 1 aromatic heterocycles. The molecule has 1 aliphatic rings. The Bertz CT molecular complexity index is 589. The molecule has 88 valence electrons. The lowest BCUT2D eigenvalue weighted by Gasteiger charge is -2.23. The van der Waals surface area contributed by atoms with Gasteiger partial charge in [-0.05, 0) is 55.9 Å². The zero-order chi connectivity index (χ0) is 12.0. The van der Waals surface area contributed by atoms with Gasteiger partial charge in [0, 0.05) is 5.39 Å². The maximum absolute atomic E-state index is 10.1. The second-order valence-corrected chi connectivity index (χ2v) is 5.03. The molecule has 2 heteroatoms. The first kappa shape index (κ1) is 10.7. The maximum Gasteiger partial charge on any atom is 0.0963 e. The van der Waals surface area contributed by atoms with Gasteiger partial charge in [-0.15, -0.1) is 0 Å². The highest BCUT2D eigenvalue weighted by Gasteiger charge is 2.22. The molecule has 0 radical (unpaired) electrons. The van der Waals surface area contributed by atoms with Crippen LogP contribution in [0.5, 0.6) is 0 Å². The summed E-state index contributed by atoms with van der Waals surface area (Å²) in [6, 6.07) is 6.38. The zero-order valence-electron chi connectivity index (χ0n) is 10.3. The molecular weight excluding hydrogens is 210 g/mol. The molecule has 1 N–H and O–H groups in total. The fraction of sp³-hybridized carbons (Fsp3) is 0.400. The van der Waals surface area contributed by atoms with Crippen LogP contribution in [-0.4, -0.2) is 10.1 Å². The Kier molecular flexibility index (Phi) is 2.40. The minimum absolute atomic E-state index is 0.373. The van der Waals surface area contributed by atoms with Crippen molar-refractivity contribution in [3.05, 3.63) is 40.6 Å². The average Bonchev–Trinajstić information content (AvgIpc) is 2.30. The topological polar surface area (TPSA) is 33.1 Å². The molecule has 1 atom stereocenters. The van der Waals surface area contributed by atoms with E-state index in [4.69, 9.17) is 0 Å². The quantitative estimate of drug-likeness (QED) is 0.749. The van der Waals surface area contributed by atoms with Gasteiger partial charge in [0.15, 0.2) is 0 Å². The fourth-order valence-electron chi connectivity index (χ4n) is 2.80. The van der Waals surface area contributed by atoms with Crippen LogP contribution in [-0.2, 0) is 6.42 Å². The summed E-state index contributed by atoms with van der Waals surface area (Å²) in [6.45, 7) is 4.22. The number of benzene rings is 1. The van der Waals surface area contributed by atoms with Gasteiger partial charge in [0.05, 0.1) is 17.3 Å². The third kappa shape index (κ3) is 1.64. The minimum atomic E-state index is -0.373. The molecular formula is C15H17NO. The van der Waals surface area contributed by atoms with E-state index in [0.717, 1.165) is 30.5 Å². The summed E-state index contributed by atoms with van der Waals surface area (Å²) < 4.78 is 0. The molecule has 3 rings (SSSR count). The third-order valence-electron chi connectivity index (χ3n) is 3.78. The molecule has 2 aromatic rings. The van der Waals surface area contributed by atoms with E-state index < -0.39 is 0 Å². The van der Waals surface area contributed by atoms with E-state index >= 15 is 0 Å². The maximum atomic E-state index is 10.1. The number of aliphatic hydroxyl groups is 1. The van der Waals surface area contributed by atoms with Gasteiger partial charge in [-0.2, -0.15) is 0 Å². The summed E-state index contributed by atoms with van der Waals surface area (Å²) >= 11 is 0. The highest BCUT2D eigenvalue weighted by molar-refractivity contribution is 5.84. The number of hydrogen-bond acceptors (Lipinski definition) is 2. The Hall–Kier alpha value is -1.41. The summed E-state index contributed by atoms with van der Waals surface area (Å²) in [7, 11) is 0. The van der Waals surface area contributed by atoms with Crippen molar-refractivity contribution in [1.29, 1.82) is 0 Å². The summed E-state index contributed by atoms with van der Waals surface area (Å²) in [4.78, 5) is 4.67.